The van der Waals surface area contributed by atoms with Gasteiger partial charge in [0, 0.05) is 11.1 Å². The number of thiol groups is 1. The SMILES string of the molecule is CC(=C=O)c1ccc(C)cc1.CC(=O)c1ccc(C)c(/C=C\S)c1. The highest BCUT2D eigenvalue weighted by atomic mass is 32.1. The average Bonchev–Trinajstić information content (AvgIpc) is 2.57. The van der Waals surface area contributed by atoms with E-state index in [9.17, 15) is 9.59 Å². The van der Waals surface area contributed by atoms with Crippen LogP contribution in [0.3, 0.4) is 0 Å². The van der Waals surface area contributed by atoms with E-state index < -0.39 is 0 Å². The number of hydrogen-bond acceptors (Lipinski definition) is 3. The Hall–Kier alpha value is -2.35. The smallest absolute Gasteiger partial charge is 0.159 e. The second-order valence-electron chi connectivity index (χ2n) is 5.54. The molecular formula is C21H22O2S. The first kappa shape index (κ1) is 19.7. The highest BCUT2D eigenvalue weighted by Gasteiger charge is 2.01. The van der Waals surface area contributed by atoms with Crippen molar-refractivity contribution < 1.29 is 9.59 Å². The molecule has 0 heterocycles. The summed E-state index contributed by atoms with van der Waals surface area (Å²) >= 11 is 4.00. The minimum Gasteiger partial charge on any atom is -0.295 e. The van der Waals surface area contributed by atoms with Crippen LogP contribution < -0.4 is 0 Å². The zero-order valence-electron chi connectivity index (χ0n) is 14.5. The molecule has 0 saturated heterocycles. The van der Waals surface area contributed by atoms with Gasteiger partial charge in [-0.1, -0.05) is 42.0 Å². The first-order chi connectivity index (χ1) is 11.4. The number of Topliss-reactive ketones (excluding diaryl/α,β-unsaturated/α-hetero) is 1. The molecule has 0 atom stereocenters. The molecule has 0 spiro atoms. The second-order valence-corrected chi connectivity index (χ2v) is 5.83. The maximum absolute atomic E-state index is 11.1. The van der Waals surface area contributed by atoms with E-state index in [2.05, 4.69) is 12.6 Å². The van der Waals surface area contributed by atoms with Gasteiger partial charge in [-0.3, -0.25) is 4.79 Å². The van der Waals surface area contributed by atoms with Crippen molar-refractivity contribution in [3.63, 3.8) is 0 Å². The lowest BCUT2D eigenvalue weighted by Gasteiger charge is -2.02. The predicted molar refractivity (Wildman–Crippen MR) is 105 cm³/mol. The average molecular weight is 338 g/mol. The van der Waals surface area contributed by atoms with Gasteiger partial charge >= 0.3 is 0 Å². The van der Waals surface area contributed by atoms with E-state index >= 15 is 0 Å². The van der Waals surface area contributed by atoms with Crippen molar-refractivity contribution in [2.24, 2.45) is 0 Å². The molecule has 2 aromatic carbocycles. The molecule has 2 rings (SSSR count). The Morgan fingerprint density at radius 3 is 2.08 bits per heavy atom. The first-order valence-electron chi connectivity index (χ1n) is 7.60. The van der Waals surface area contributed by atoms with Crippen LogP contribution in [0.5, 0.6) is 0 Å². The Bertz CT molecular complexity index is 780. The summed E-state index contributed by atoms with van der Waals surface area (Å²) in [6.07, 6.45) is 1.88. The van der Waals surface area contributed by atoms with Crippen LogP contribution in [-0.4, -0.2) is 11.7 Å². The van der Waals surface area contributed by atoms with Gasteiger partial charge in [0.1, 0.15) is 5.94 Å². The van der Waals surface area contributed by atoms with Crippen LogP contribution in [0, 0.1) is 13.8 Å². The quantitative estimate of drug-likeness (QED) is 0.466. The van der Waals surface area contributed by atoms with Crippen LogP contribution in [0.2, 0.25) is 0 Å². The highest BCUT2D eigenvalue weighted by Crippen LogP contribution is 2.13. The fourth-order valence-electron chi connectivity index (χ4n) is 1.98. The van der Waals surface area contributed by atoms with Gasteiger partial charge < -0.3 is 0 Å². The molecule has 0 radical (unpaired) electrons. The van der Waals surface area contributed by atoms with Crippen molar-refractivity contribution in [2.75, 3.05) is 0 Å². The minimum atomic E-state index is 0.0915. The number of carbonyl (C=O) groups excluding carboxylic acids is 2. The third-order valence-electron chi connectivity index (χ3n) is 3.58. The summed E-state index contributed by atoms with van der Waals surface area (Å²) < 4.78 is 0. The number of carbonyl (C=O) groups is 1. The standard InChI is InChI=1S/C11H12OS.C10H10O/c1-8-3-4-11(9(2)12)7-10(8)5-6-13;1-8-3-5-10(6-4-8)9(2)7-11/h3-7,13H,1-2H3;3-6H,1-2H3/b6-5-;. The molecule has 2 nitrogen and oxygen atoms in total. The minimum absolute atomic E-state index is 0.0915. The van der Waals surface area contributed by atoms with Gasteiger partial charge in [-0.15, -0.1) is 0 Å². The van der Waals surface area contributed by atoms with Crippen molar-refractivity contribution in [2.45, 2.75) is 27.7 Å². The summed E-state index contributed by atoms with van der Waals surface area (Å²) in [7, 11) is 0. The number of hydrogen-bond donors (Lipinski definition) is 1. The van der Waals surface area contributed by atoms with Gasteiger partial charge in [0.25, 0.3) is 0 Å². The van der Waals surface area contributed by atoms with Gasteiger partial charge in [0.05, 0.1) is 0 Å². The van der Waals surface area contributed by atoms with Crippen LogP contribution in [-0.2, 0) is 4.79 Å². The number of ketones is 1. The molecule has 2 aromatic rings. The zero-order valence-corrected chi connectivity index (χ0v) is 15.4. The molecule has 24 heavy (non-hydrogen) atoms. The van der Waals surface area contributed by atoms with Crippen LogP contribution in [0.15, 0.2) is 47.9 Å². The van der Waals surface area contributed by atoms with Crippen LogP contribution >= 0.6 is 12.6 Å². The van der Waals surface area contributed by atoms with Gasteiger partial charge in [0.15, 0.2) is 5.78 Å². The molecule has 0 fully saturated rings. The van der Waals surface area contributed by atoms with Crippen LogP contribution in [0.25, 0.3) is 11.6 Å². The van der Waals surface area contributed by atoms with Gasteiger partial charge in [0.2, 0.25) is 0 Å². The Balaban J connectivity index is 0.000000243. The summed E-state index contributed by atoms with van der Waals surface area (Å²) in [4.78, 5) is 21.3. The first-order valence-corrected chi connectivity index (χ1v) is 8.11. The predicted octanol–water partition coefficient (Wildman–Crippen LogP) is 5.33. The summed E-state index contributed by atoms with van der Waals surface area (Å²) in [5.41, 5.74) is 5.74. The molecule has 124 valence electrons. The largest absolute Gasteiger partial charge is 0.295 e. The van der Waals surface area contributed by atoms with Gasteiger partial charge in [-0.25, -0.2) is 4.79 Å². The monoisotopic (exact) mass is 338 g/mol. The number of allylic oxidation sites excluding steroid dienone is 1. The van der Waals surface area contributed by atoms with Crippen molar-refractivity contribution in [1.29, 1.82) is 0 Å². The van der Waals surface area contributed by atoms with Crippen LogP contribution in [0.1, 0.15) is 46.5 Å². The maximum Gasteiger partial charge on any atom is 0.159 e. The van der Waals surface area contributed by atoms with Gasteiger partial charge in [-0.2, -0.15) is 12.6 Å². The molecule has 0 aliphatic rings. The second kappa shape index (κ2) is 9.71. The van der Waals surface area contributed by atoms with Crippen molar-refractivity contribution >= 4 is 36.0 Å². The van der Waals surface area contributed by atoms with Crippen molar-refractivity contribution in [3.05, 3.63) is 75.7 Å². The fourth-order valence-corrected chi connectivity index (χ4v) is 2.14. The topological polar surface area (TPSA) is 34.1 Å². The molecule has 0 amide bonds. The summed E-state index contributed by atoms with van der Waals surface area (Å²) in [6, 6.07) is 13.5. The van der Waals surface area contributed by atoms with Gasteiger partial charge in [-0.05, 0) is 61.9 Å². The fraction of sp³-hybridized carbons (Fsp3) is 0.190. The maximum atomic E-state index is 11.1. The number of rotatable bonds is 3. The lowest BCUT2D eigenvalue weighted by molar-refractivity contribution is 0.101. The molecule has 0 aliphatic heterocycles. The summed E-state index contributed by atoms with van der Waals surface area (Å²) in [6.45, 7) is 7.35. The molecule has 0 bridgehead atoms. The molecule has 0 aromatic heterocycles. The third kappa shape index (κ3) is 6.04. The number of aryl methyl sites for hydroxylation is 2. The lowest BCUT2D eigenvalue weighted by Crippen LogP contribution is -1.93. The summed E-state index contributed by atoms with van der Waals surface area (Å²) in [5.74, 6) is 1.96. The molecule has 3 heteroatoms. The molecule has 0 aliphatic carbocycles. The molecule has 0 N–H and O–H groups in total. The Morgan fingerprint density at radius 2 is 1.58 bits per heavy atom. The molecule has 0 unspecified atom stereocenters. The summed E-state index contributed by atoms with van der Waals surface area (Å²) in [5, 5.41) is 1.67. The molecule has 0 saturated carbocycles. The Kier molecular flexibility index (Phi) is 7.97. The van der Waals surface area contributed by atoms with E-state index in [0.717, 1.165) is 22.3 Å². The van der Waals surface area contributed by atoms with E-state index in [-0.39, 0.29) is 5.78 Å². The highest BCUT2D eigenvalue weighted by molar-refractivity contribution is 7.83. The third-order valence-corrected chi connectivity index (χ3v) is 3.73. The molecular weight excluding hydrogens is 316 g/mol. The normalized spacial score (nSPS) is 9.88. The van der Waals surface area contributed by atoms with Crippen molar-refractivity contribution in [1.82, 2.24) is 0 Å². The van der Waals surface area contributed by atoms with E-state index in [4.69, 9.17) is 0 Å². The van der Waals surface area contributed by atoms with E-state index in [1.54, 1.807) is 19.3 Å². The number of benzene rings is 2. The zero-order chi connectivity index (χ0) is 18.1. The lowest BCUT2D eigenvalue weighted by atomic mass is 10.0. The van der Waals surface area contributed by atoms with Crippen LogP contribution in [0.4, 0.5) is 0 Å². The van der Waals surface area contributed by atoms with E-state index in [1.807, 2.05) is 68.3 Å². The Morgan fingerprint density at radius 1 is 1.00 bits per heavy atom. The Labute approximate surface area is 149 Å². The van der Waals surface area contributed by atoms with E-state index in [1.165, 1.54) is 5.56 Å². The van der Waals surface area contributed by atoms with Crippen molar-refractivity contribution in [3.8, 4) is 0 Å². The van der Waals surface area contributed by atoms with E-state index in [0.29, 0.717) is 5.57 Å².